The number of aromatic nitrogens is 2. The summed E-state index contributed by atoms with van der Waals surface area (Å²) in [7, 11) is 1.57. The Hall–Kier alpha value is -1.50. The van der Waals surface area contributed by atoms with E-state index in [9.17, 15) is 5.11 Å². The van der Waals surface area contributed by atoms with E-state index < -0.39 is 6.10 Å². The molecule has 0 radical (unpaired) electrons. The zero-order valence-corrected chi connectivity index (χ0v) is 13.0. The first-order chi connectivity index (χ1) is 9.70. The van der Waals surface area contributed by atoms with Gasteiger partial charge in [0.15, 0.2) is 0 Å². The van der Waals surface area contributed by atoms with Gasteiger partial charge in [-0.15, -0.1) is 11.3 Å². The second kappa shape index (κ2) is 5.47. The molecule has 2 heterocycles. The van der Waals surface area contributed by atoms with E-state index in [-0.39, 0.29) is 0 Å². The fourth-order valence-electron chi connectivity index (χ4n) is 1.97. The van der Waals surface area contributed by atoms with Crippen molar-refractivity contribution in [3.05, 3.63) is 51.7 Å². The third kappa shape index (κ3) is 2.30. The molecule has 6 heteroatoms. The molecule has 20 heavy (non-hydrogen) atoms. The van der Waals surface area contributed by atoms with Gasteiger partial charge in [-0.1, -0.05) is 6.07 Å². The van der Waals surface area contributed by atoms with Gasteiger partial charge >= 0.3 is 0 Å². The average Bonchev–Trinajstić information content (AvgIpc) is 2.92. The molecule has 0 fully saturated rings. The highest BCUT2D eigenvalue weighted by atomic mass is 79.9. The second-order valence-corrected chi connectivity index (χ2v) is 6.05. The summed E-state index contributed by atoms with van der Waals surface area (Å²) in [6.45, 7) is 0. The molecule has 102 valence electrons. The Bertz CT molecular complexity index is 760. The highest BCUT2D eigenvalue weighted by Gasteiger charge is 2.20. The first kappa shape index (κ1) is 13.5. The molecule has 0 spiro atoms. The van der Waals surface area contributed by atoms with E-state index in [0.717, 1.165) is 14.7 Å². The number of pyridine rings is 1. The molecule has 0 aliphatic heterocycles. The van der Waals surface area contributed by atoms with Crippen molar-refractivity contribution >= 4 is 37.5 Å². The first-order valence-corrected chi connectivity index (χ1v) is 7.52. The van der Waals surface area contributed by atoms with E-state index in [4.69, 9.17) is 4.74 Å². The number of hydrogen-bond acceptors (Lipinski definition) is 5. The van der Waals surface area contributed by atoms with Crippen LogP contribution in [0.5, 0.6) is 5.75 Å². The van der Waals surface area contributed by atoms with E-state index >= 15 is 0 Å². The number of benzene rings is 1. The Balaban J connectivity index is 2.08. The maximum atomic E-state index is 10.5. The van der Waals surface area contributed by atoms with Gasteiger partial charge in [0, 0.05) is 22.4 Å². The van der Waals surface area contributed by atoms with Crippen molar-refractivity contribution in [3.8, 4) is 5.75 Å². The average molecular weight is 351 g/mol. The Morgan fingerprint density at radius 2 is 2.20 bits per heavy atom. The predicted octanol–water partition coefficient (Wildman–Crippen LogP) is 3.54. The molecule has 2 aromatic heterocycles. The third-order valence-electron chi connectivity index (χ3n) is 2.94. The van der Waals surface area contributed by atoms with Gasteiger partial charge in [-0.3, -0.25) is 4.98 Å². The molecular formula is C14H11BrN2O2S. The highest BCUT2D eigenvalue weighted by molar-refractivity contribution is 9.10. The van der Waals surface area contributed by atoms with Gasteiger partial charge in [-0.2, -0.15) is 0 Å². The van der Waals surface area contributed by atoms with Crippen LogP contribution in [0.15, 0.2) is 41.1 Å². The van der Waals surface area contributed by atoms with Crippen molar-refractivity contribution < 1.29 is 9.84 Å². The summed E-state index contributed by atoms with van der Waals surface area (Å²) >= 11 is 4.95. The quantitative estimate of drug-likeness (QED) is 0.784. The molecule has 3 rings (SSSR count). The van der Waals surface area contributed by atoms with Gasteiger partial charge in [-0.25, -0.2) is 4.98 Å². The molecule has 4 nitrogen and oxygen atoms in total. The highest BCUT2D eigenvalue weighted by Crippen LogP contribution is 2.36. The summed E-state index contributed by atoms with van der Waals surface area (Å²) in [5, 5.41) is 11.1. The van der Waals surface area contributed by atoms with Crippen molar-refractivity contribution in [3.63, 3.8) is 0 Å². The second-order valence-electron chi connectivity index (χ2n) is 4.16. The summed E-state index contributed by atoms with van der Waals surface area (Å²) in [6, 6.07) is 7.53. The zero-order chi connectivity index (χ0) is 14.1. The van der Waals surface area contributed by atoms with Crippen LogP contribution in [0.1, 0.15) is 16.7 Å². The lowest BCUT2D eigenvalue weighted by molar-refractivity contribution is 0.214. The molecule has 0 aliphatic rings. The van der Waals surface area contributed by atoms with Crippen LogP contribution in [-0.2, 0) is 0 Å². The van der Waals surface area contributed by atoms with Crippen molar-refractivity contribution in [2.45, 2.75) is 6.10 Å². The number of nitrogens with zero attached hydrogens (tertiary/aromatic N) is 2. The Labute approximate surface area is 128 Å². The fourth-order valence-corrected chi connectivity index (χ4v) is 3.54. The number of rotatable bonds is 3. The molecule has 0 saturated heterocycles. The van der Waals surface area contributed by atoms with E-state index in [0.29, 0.717) is 16.3 Å². The van der Waals surface area contributed by atoms with Crippen LogP contribution >= 0.6 is 27.3 Å². The normalized spacial score (nSPS) is 12.6. The van der Waals surface area contributed by atoms with Crippen LogP contribution in [0.4, 0.5) is 0 Å². The summed E-state index contributed by atoms with van der Waals surface area (Å²) < 4.78 is 7.25. The fraction of sp³-hybridized carbons (Fsp3) is 0.143. The lowest BCUT2D eigenvalue weighted by Crippen LogP contribution is -2.02. The minimum Gasteiger partial charge on any atom is -0.496 e. The number of halogens is 1. The number of ether oxygens (including phenoxy) is 1. The van der Waals surface area contributed by atoms with Crippen molar-refractivity contribution in [1.29, 1.82) is 0 Å². The van der Waals surface area contributed by atoms with E-state index in [2.05, 4.69) is 25.9 Å². The summed E-state index contributed by atoms with van der Waals surface area (Å²) in [5.74, 6) is 0.603. The predicted molar refractivity (Wildman–Crippen MR) is 82.2 cm³/mol. The zero-order valence-electron chi connectivity index (χ0n) is 10.6. The summed E-state index contributed by atoms with van der Waals surface area (Å²) in [5.41, 5.74) is 1.48. The van der Waals surface area contributed by atoms with Crippen LogP contribution in [0.2, 0.25) is 0 Å². The van der Waals surface area contributed by atoms with Crippen molar-refractivity contribution in [2.75, 3.05) is 7.11 Å². The molecule has 0 saturated carbocycles. The minimum atomic E-state index is -0.844. The molecule has 1 aromatic carbocycles. The SMILES string of the molecule is COc1ccncc1C(O)c1nc2cccc(Br)c2s1. The van der Waals surface area contributed by atoms with Gasteiger partial charge in [0.25, 0.3) is 0 Å². The lowest BCUT2D eigenvalue weighted by Gasteiger charge is -2.11. The lowest BCUT2D eigenvalue weighted by atomic mass is 10.1. The van der Waals surface area contributed by atoms with Crippen LogP contribution < -0.4 is 4.74 Å². The third-order valence-corrected chi connectivity index (χ3v) is 5.02. The van der Waals surface area contributed by atoms with E-state index in [1.54, 1.807) is 25.6 Å². The summed E-state index contributed by atoms with van der Waals surface area (Å²) in [4.78, 5) is 8.52. The van der Waals surface area contributed by atoms with Crippen LogP contribution in [0.25, 0.3) is 10.2 Å². The molecule has 3 aromatic rings. The maximum Gasteiger partial charge on any atom is 0.136 e. The van der Waals surface area contributed by atoms with E-state index in [1.807, 2.05) is 18.2 Å². The molecule has 0 aliphatic carbocycles. The minimum absolute atomic E-state index is 0.603. The maximum absolute atomic E-state index is 10.5. The smallest absolute Gasteiger partial charge is 0.136 e. The topological polar surface area (TPSA) is 55.2 Å². The molecule has 1 unspecified atom stereocenters. The standard InChI is InChI=1S/C14H11BrN2O2S/c1-19-11-5-6-16-7-8(11)12(18)14-17-10-4-2-3-9(15)13(10)20-14/h2-7,12,18H,1H3. The van der Waals surface area contributed by atoms with E-state index in [1.165, 1.54) is 11.3 Å². The number of methoxy groups -OCH3 is 1. The van der Waals surface area contributed by atoms with Gasteiger partial charge in [-0.05, 0) is 34.1 Å². The van der Waals surface area contributed by atoms with Crippen LogP contribution in [-0.4, -0.2) is 22.2 Å². The van der Waals surface area contributed by atoms with Gasteiger partial charge in [0.2, 0.25) is 0 Å². The Morgan fingerprint density at radius 3 is 2.95 bits per heavy atom. The number of hydrogen-bond donors (Lipinski definition) is 1. The molecule has 1 atom stereocenters. The van der Waals surface area contributed by atoms with Crippen molar-refractivity contribution in [2.24, 2.45) is 0 Å². The van der Waals surface area contributed by atoms with Crippen molar-refractivity contribution in [1.82, 2.24) is 9.97 Å². The first-order valence-electron chi connectivity index (χ1n) is 5.91. The summed E-state index contributed by atoms with van der Waals surface area (Å²) in [6.07, 6.45) is 2.39. The Kier molecular flexibility index (Phi) is 3.69. The number of aliphatic hydroxyl groups is 1. The Morgan fingerprint density at radius 1 is 1.35 bits per heavy atom. The molecule has 0 bridgehead atoms. The molecule has 0 amide bonds. The monoisotopic (exact) mass is 350 g/mol. The molecular weight excluding hydrogens is 340 g/mol. The van der Waals surface area contributed by atoms with Gasteiger partial charge in [0.05, 0.1) is 17.3 Å². The number of fused-ring (bicyclic) bond motifs is 1. The van der Waals surface area contributed by atoms with Gasteiger partial charge < -0.3 is 9.84 Å². The largest absolute Gasteiger partial charge is 0.496 e. The van der Waals surface area contributed by atoms with Crippen LogP contribution in [0, 0.1) is 0 Å². The molecule has 1 N–H and O–H groups in total. The van der Waals surface area contributed by atoms with Gasteiger partial charge in [0.1, 0.15) is 16.9 Å². The number of thiazole rings is 1. The van der Waals surface area contributed by atoms with Crippen LogP contribution in [0.3, 0.4) is 0 Å². The number of aliphatic hydroxyl groups excluding tert-OH is 1.